The smallest absolute Gasteiger partial charge is 0.338 e. The molecule has 0 aliphatic heterocycles. The summed E-state index contributed by atoms with van der Waals surface area (Å²) >= 11 is 0. The zero-order valence-corrected chi connectivity index (χ0v) is 38.0. The van der Waals surface area contributed by atoms with Crippen LogP contribution in [0.25, 0.3) is 0 Å². The number of benzene rings is 1. The Kier molecular flexibility index (Phi) is 19.4. The molecule has 0 heterocycles. The van der Waals surface area contributed by atoms with Crippen LogP contribution in [-0.2, 0) is 4.74 Å². The molecule has 3 fully saturated rings. The molecule has 12 nitrogen and oxygen atoms in total. The molecule has 4 aliphatic rings. The molecule has 60 heavy (non-hydrogen) atoms. The number of unbranched alkanes of at least 4 members (excludes halogenated alkanes) is 1. The molecule has 5 rings (SSSR count). The van der Waals surface area contributed by atoms with Gasteiger partial charge in [-0.2, -0.15) is 0 Å². The van der Waals surface area contributed by atoms with E-state index in [4.69, 9.17) is 21.6 Å². The lowest BCUT2D eigenvalue weighted by Crippen LogP contribution is -2.51. The number of nitrogens with zero attached hydrogens (tertiary/aromatic N) is 3. The molecule has 0 bridgehead atoms. The number of rotatable bonds is 20. The Balaban J connectivity index is 0.00000257. The van der Waals surface area contributed by atoms with Crippen molar-refractivity contribution in [2.45, 2.75) is 131 Å². The van der Waals surface area contributed by atoms with Crippen LogP contribution in [0.4, 0.5) is 4.79 Å². The summed E-state index contributed by atoms with van der Waals surface area (Å²) in [4.78, 5) is 36.4. The second-order valence-electron chi connectivity index (χ2n) is 19.1. The number of aliphatic imine (C=N–C) groups is 2. The lowest BCUT2D eigenvalue weighted by molar-refractivity contribution is -0.0594. The highest BCUT2D eigenvalue weighted by Gasteiger charge is 2.59. The van der Waals surface area contributed by atoms with Crippen LogP contribution in [0.5, 0.6) is 0 Å². The minimum absolute atomic E-state index is 0.0614. The molecule has 1 aromatic rings. The molecule has 0 saturated heterocycles. The average Bonchev–Trinajstić information content (AvgIpc) is 3.58. The van der Waals surface area contributed by atoms with E-state index in [0.717, 1.165) is 79.6 Å². The van der Waals surface area contributed by atoms with E-state index in [1.807, 2.05) is 31.3 Å². The van der Waals surface area contributed by atoms with Crippen molar-refractivity contribution in [1.29, 1.82) is 5.41 Å². The highest BCUT2D eigenvalue weighted by Crippen LogP contribution is 2.67. The number of hydrogen-bond donors (Lipinski definition) is 6. The zero-order valence-electron chi connectivity index (χ0n) is 38.0. The van der Waals surface area contributed by atoms with Gasteiger partial charge in [-0.05, 0) is 135 Å². The highest BCUT2D eigenvalue weighted by atomic mass is 16.5. The molecule has 0 spiro atoms. The lowest BCUT2D eigenvalue weighted by atomic mass is 9.47. The Labute approximate surface area is 362 Å². The molecule has 3 saturated carbocycles. The molecule has 0 aromatic heterocycles. The molecule has 12 heteroatoms. The van der Waals surface area contributed by atoms with E-state index in [1.54, 1.807) is 16.7 Å². The van der Waals surface area contributed by atoms with Gasteiger partial charge in [0.25, 0.3) is 0 Å². The van der Waals surface area contributed by atoms with Gasteiger partial charge in [0.1, 0.15) is 6.10 Å². The van der Waals surface area contributed by atoms with E-state index in [1.165, 1.54) is 57.8 Å². The Hall–Kier alpha value is -3.93. The summed E-state index contributed by atoms with van der Waals surface area (Å²) in [5, 5.41) is 12.0. The third-order valence-corrected chi connectivity index (χ3v) is 14.7. The Morgan fingerprint density at radius 2 is 1.67 bits per heavy atom. The third kappa shape index (κ3) is 13.3. The van der Waals surface area contributed by atoms with Crippen molar-refractivity contribution in [1.82, 2.24) is 15.5 Å². The van der Waals surface area contributed by atoms with Crippen molar-refractivity contribution >= 4 is 30.5 Å². The Bertz CT molecular complexity index is 1590. The van der Waals surface area contributed by atoms with Crippen molar-refractivity contribution in [3.05, 3.63) is 47.0 Å². The van der Waals surface area contributed by atoms with Crippen LogP contribution in [0.2, 0.25) is 0 Å². The van der Waals surface area contributed by atoms with Gasteiger partial charge in [0.2, 0.25) is 0 Å². The van der Waals surface area contributed by atoms with E-state index in [2.05, 4.69) is 67.0 Å². The number of allylic oxidation sites excluding steroid dienone is 1. The number of carbonyl (C=O) groups excluding carboxylic acids is 2. The summed E-state index contributed by atoms with van der Waals surface area (Å²) in [6, 6.07) is 7.34. The van der Waals surface area contributed by atoms with Crippen LogP contribution in [0.3, 0.4) is 0 Å². The Morgan fingerprint density at radius 1 is 0.950 bits per heavy atom. The lowest BCUT2D eigenvalue weighted by Gasteiger charge is -2.58. The molecule has 9 N–H and O–H groups in total. The normalized spacial score (nSPS) is 27.3. The van der Waals surface area contributed by atoms with E-state index < -0.39 is 0 Å². The molecular formula is C48H81N9O3. The number of urea groups is 1. The van der Waals surface area contributed by atoms with Crippen molar-refractivity contribution in [2.24, 2.45) is 73.5 Å². The second-order valence-corrected chi connectivity index (χ2v) is 19.1. The maximum Gasteiger partial charge on any atom is 0.338 e. The van der Waals surface area contributed by atoms with Crippen molar-refractivity contribution in [3.63, 3.8) is 0 Å². The van der Waals surface area contributed by atoms with Gasteiger partial charge in [-0.15, -0.1) is 0 Å². The zero-order chi connectivity index (χ0) is 43.7. The maximum atomic E-state index is 13.3. The van der Waals surface area contributed by atoms with Crippen molar-refractivity contribution in [3.8, 4) is 0 Å². The SMILES string of the molecule is CNCCCN(CCCN=C(N)N)C(=O)NCCN=Cc1ccc(C(=O)OC2CCC3(C)C(=CCC4C3CCC3(C)C(C(C)CCCCC(C)C)CCC43)C2)cc1.N=CN. The van der Waals surface area contributed by atoms with Gasteiger partial charge in [0.05, 0.1) is 18.4 Å². The number of amides is 2. The van der Waals surface area contributed by atoms with E-state index in [-0.39, 0.29) is 29.5 Å². The molecule has 4 aliphatic carbocycles. The summed E-state index contributed by atoms with van der Waals surface area (Å²) < 4.78 is 6.17. The van der Waals surface area contributed by atoms with E-state index in [9.17, 15) is 9.59 Å². The fraction of sp³-hybridized carbons (Fsp3) is 0.729. The molecule has 1 aromatic carbocycles. The Morgan fingerprint density at radius 3 is 2.37 bits per heavy atom. The maximum absolute atomic E-state index is 13.3. The number of ether oxygens (including phenoxy) is 1. The first-order valence-corrected chi connectivity index (χ1v) is 23.2. The number of nitrogens with one attached hydrogen (secondary N) is 3. The molecular weight excluding hydrogens is 751 g/mol. The van der Waals surface area contributed by atoms with Crippen molar-refractivity contribution in [2.75, 3.05) is 46.3 Å². The van der Waals surface area contributed by atoms with Gasteiger partial charge in [-0.3, -0.25) is 15.4 Å². The summed E-state index contributed by atoms with van der Waals surface area (Å²) in [6.45, 7) is 15.9. The van der Waals surface area contributed by atoms with Crippen molar-refractivity contribution < 1.29 is 14.3 Å². The van der Waals surface area contributed by atoms with Crippen LogP contribution >= 0.6 is 0 Å². The summed E-state index contributed by atoms with van der Waals surface area (Å²) in [5.41, 5.74) is 19.0. The first kappa shape index (κ1) is 48.7. The molecule has 336 valence electrons. The minimum Gasteiger partial charge on any atom is -0.458 e. The third-order valence-electron chi connectivity index (χ3n) is 14.7. The molecule has 8 unspecified atom stereocenters. The standard InChI is InChI=1S/C47H77N7O3.CH4N2/c1-33(2)11-7-8-12-34(3)40-19-20-41-39-18-17-37-31-38(21-23-46(37,4)42(39)22-24-47(40,41)5)57-43(55)36-15-13-35(14-16-36)32-51-27-28-53-45(56)54(29-9-25-50-6)30-10-26-52-44(48)49;2-1-3/h13-17,32-34,38-42,50H,7-12,18-31H2,1-6H3,(H,53,56)(H4,48,49,52);1H,(H3,2,3). The predicted octanol–water partition coefficient (Wildman–Crippen LogP) is 7.90. The average molecular weight is 832 g/mol. The fourth-order valence-corrected chi connectivity index (χ4v) is 11.6. The number of guanidine groups is 1. The van der Waals surface area contributed by atoms with Crippen LogP contribution in [0, 0.1) is 51.7 Å². The number of esters is 1. The van der Waals surface area contributed by atoms with Gasteiger partial charge >= 0.3 is 12.0 Å². The number of carbonyl (C=O) groups is 2. The molecule has 8 atom stereocenters. The second kappa shape index (κ2) is 23.9. The fourth-order valence-electron chi connectivity index (χ4n) is 11.6. The van der Waals surface area contributed by atoms with Gasteiger partial charge < -0.3 is 37.5 Å². The van der Waals surface area contributed by atoms with Crippen LogP contribution in [0.15, 0.2) is 45.9 Å². The number of nitrogens with two attached hydrogens (primary N) is 3. The first-order valence-electron chi connectivity index (χ1n) is 23.2. The van der Waals surface area contributed by atoms with Crippen LogP contribution < -0.4 is 27.8 Å². The van der Waals surface area contributed by atoms with Gasteiger partial charge in [-0.1, -0.05) is 84.1 Å². The van der Waals surface area contributed by atoms with E-state index >= 15 is 0 Å². The summed E-state index contributed by atoms with van der Waals surface area (Å²) in [5.74, 6) is 4.77. The first-order chi connectivity index (χ1) is 28.8. The van der Waals surface area contributed by atoms with Crippen LogP contribution in [-0.4, -0.2) is 87.8 Å². The van der Waals surface area contributed by atoms with Gasteiger partial charge in [0, 0.05) is 38.8 Å². The molecule has 0 radical (unpaired) electrons. The number of hydrogen-bond acceptors (Lipinski definition) is 7. The number of fused-ring (bicyclic) bond motifs is 5. The topological polar surface area (TPSA) is 197 Å². The van der Waals surface area contributed by atoms with Crippen LogP contribution in [0.1, 0.15) is 140 Å². The molecule has 2 amide bonds. The largest absolute Gasteiger partial charge is 0.458 e. The minimum atomic E-state index is -0.245. The quantitative estimate of drug-likeness (QED) is 0.0252. The van der Waals surface area contributed by atoms with E-state index in [0.29, 0.717) is 50.1 Å². The summed E-state index contributed by atoms with van der Waals surface area (Å²) in [6.07, 6.45) is 21.9. The van der Waals surface area contributed by atoms with Gasteiger partial charge in [0.15, 0.2) is 5.96 Å². The predicted molar refractivity (Wildman–Crippen MR) is 248 cm³/mol. The highest BCUT2D eigenvalue weighted by molar-refractivity contribution is 5.91. The monoisotopic (exact) mass is 832 g/mol. The van der Waals surface area contributed by atoms with Gasteiger partial charge in [-0.25, -0.2) is 9.59 Å². The summed E-state index contributed by atoms with van der Waals surface area (Å²) in [7, 11) is 1.90.